The van der Waals surface area contributed by atoms with Crippen LogP contribution in [0.1, 0.15) is 11.1 Å². The fraction of sp³-hybridized carbons (Fsp3) is 0.0714. The topological polar surface area (TPSA) is 79.0 Å². The molecule has 5 nitrogen and oxygen atoms in total. The number of rotatable bonds is 4. The zero-order chi connectivity index (χ0) is 14.5. The zero-order valence-electron chi connectivity index (χ0n) is 10.3. The summed E-state index contributed by atoms with van der Waals surface area (Å²) in [7, 11) is 0. The molecule has 100 valence electrons. The molecular weight excluding hydrogens is 261 g/mol. The molecule has 0 radical (unpaired) electrons. The summed E-state index contributed by atoms with van der Waals surface area (Å²) in [4.78, 5) is 10.3. The lowest BCUT2D eigenvalue weighted by molar-refractivity contribution is -0.384. The number of halogens is 1. The van der Waals surface area contributed by atoms with Crippen LogP contribution in [-0.2, 0) is 6.54 Å². The Labute approximate surface area is 114 Å². The van der Waals surface area contributed by atoms with Gasteiger partial charge in [0.05, 0.1) is 16.6 Å². The van der Waals surface area contributed by atoms with E-state index in [1.807, 2.05) is 6.07 Å². The molecule has 0 heterocycles. The fourth-order valence-electron chi connectivity index (χ4n) is 1.70. The van der Waals surface area contributed by atoms with E-state index in [1.54, 1.807) is 24.3 Å². The Balaban J connectivity index is 2.15. The van der Waals surface area contributed by atoms with Gasteiger partial charge in [0.1, 0.15) is 11.5 Å². The summed E-state index contributed by atoms with van der Waals surface area (Å²) in [6.07, 6.45) is 0. The Morgan fingerprint density at radius 1 is 1.25 bits per heavy atom. The summed E-state index contributed by atoms with van der Waals surface area (Å²) >= 11 is 0. The zero-order valence-corrected chi connectivity index (χ0v) is 10.3. The van der Waals surface area contributed by atoms with Crippen molar-refractivity contribution >= 4 is 11.4 Å². The number of hydrogen-bond donors (Lipinski definition) is 1. The highest BCUT2D eigenvalue weighted by Crippen LogP contribution is 2.25. The Kier molecular flexibility index (Phi) is 3.91. The second-order valence-electron chi connectivity index (χ2n) is 4.08. The van der Waals surface area contributed by atoms with Crippen molar-refractivity contribution in [1.82, 2.24) is 0 Å². The number of nitrogens with zero attached hydrogens (tertiary/aromatic N) is 2. The van der Waals surface area contributed by atoms with E-state index in [2.05, 4.69) is 5.32 Å². The maximum Gasteiger partial charge on any atom is 0.292 e. The molecule has 0 aromatic heterocycles. The van der Waals surface area contributed by atoms with Crippen molar-refractivity contribution in [2.45, 2.75) is 6.54 Å². The average molecular weight is 271 g/mol. The van der Waals surface area contributed by atoms with Gasteiger partial charge in [-0.15, -0.1) is 0 Å². The van der Waals surface area contributed by atoms with Crippen LogP contribution in [0.15, 0.2) is 42.5 Å². The highest BCUT2D eigenvalue weighted by molar-refractivity contribution is 5.61. The lowest BCUT2D eigenvalue weighted by atomic mass is 10.1. The third kappa shape index (κ3) is 3.09. The van der Waals surface area contributed by atoms with Crippen molar-refractivity contribution < 1.29 is 9.31 Å². The molecule has 0 amide bonds. The largest absolute Gasteiger partial charge is 0.375 e. The SMILES string of the molecule is N#Cc1ccc(CNc2cc(F)ccc2[N+](=O)[O-])cc1. The molecule has 0 unspecified atom stereocenters. The molecule has 0 bridgehead atoms. The van der Waals surface area contributed by atoms with Gasteiger partial charge in [-0.25, -0.2) is 4.39 Å². The quantitative estimate of drug-likeness (QED) is 0.684. The minimum atomic E-state index is -0.569. The molecular formula is C14H10FN3O2. The molecule has 0 atom stereocenters. The third-order valence-corrected chi connectivity index (χ3v) is 2.72. The number of benzene rings is 2. The van der Waals surface area contributed by atoms with Gasteiger partial charge in [-0.05, 0) is 23.8 Å². The summed E-state index contributed by atoms with van der Waals surface area (Å²) in [5.41, 5.74) is 1.31. The Morgan fingerprint density at radius 2 is 1.95 bits per heavy atom. The van der Waals surface area contributed by atoms with E-state index in [-0.39, 0.29) is 11.4 Å². The van der Waals surface area contributed by atoms with Gasteiger partial charge >= 0.3 is 0 Å². The molecule has 1 N–H and O–H groups in total. The van der Waals surface area contributed by atoms with Crippen molar-refractivity contribution in [3.8, 4) is 6.07 Å². The van der Waals surface area contributed by atoms with Crippen LogP contribution in [0.5, 0.6) is 0 Å². The molecule has 2 aromatic carbocycles. The smallest absolute Gasteiger partial charge is 0.292 e. The number of nitrogens with one attached hydrogen (secondary N) is 1. The monoisotopic (exact) mass is 271 g/mol. The van der Waals surface area contributed by atoms with Crippen molar-refractivity contribution in [3.05, 3.63) is 69.5 Å². The van der Waals surface area contributed by atoms with Gasteiger partial charge in [0.25, 0.3) is 5.69 Å². The number of anilines is 1. The summed E-state index contributed by atoms with van der Waals surface area (Å²) < 4.78 is 13.1. The molecule has 6 heteroatoms. The van der Waals surface area contributed by atoms with Crippen LogP contribution in [-0.4, -0.2) is 4.92 Å². The van der Waals surface area contributed by atoms with Crippen LogP contribution in [0, 0.1) is 27.3 Å². The summed E-state index contributed by atoms with van der Waals surface area (Å²) in [5, 5.41) is 22.3. The lowest BCUT2D eigenvalue weighted by Crippen LogP contribution is -2.03. The number of nitro groups is 1. The summed E-state index contributed by atoms with van der Waals surface area (Å²) in [6.45, 7) is 0.302. The van der Waals surface area contributed by atoms with Crippen molar-refractivity contribution in [3.63, 3.8) is 0 Å². The van der Waals surface area contributed by atoms with Crippen molar-refractivity contribution in [1.29, 1.82) is 5.26 Å². The first-order chi connectivity index (χ1) is 9.60. The van der Waals surface area contributed by atoms with Gasteiger partial charge in [0.15, 0.2) is 0 Å². The maximum absolute atomic E-state index is 13.1. The highest BCUT2D eigenvalue weighted by Gasteiger charge is 2.13. The summed E-state index contributed by atoms with van der Waals surface area (Å²) in [5.74, 6) is -0.544. The van der Waals surface area contributed by atoms with Gasteiger partial charge in [-0.1, -0.05) is 12.1 Å². The Bertz CT molecular complexity index is 678. The first-order valence-corrected chi connectivity index (χ1v) is 5.77. The van der Waals surface area contributed by atoms with Gasteiger partial charge in [0.2, 0.25) is 0 Å². The molecule has 20 heavy (non-hydrogen) atoms. The normalized spacial score (nSPS) is 9.80. The maximum atomic E-state index is 13.1. The molecule has 0 aliphatic carbocycles. The van der Waals surface area contributed by atoms with Crippen LogP contribution in [0.3, 0.4) is 0 Å². The second kappa shape index (κ2) is 5.80. The van der Waals surface area contributed by atoms with E-state index in [0.29, 0.717) is 12.1 Å². The minimum absolute atomic E-state index is 0.124. The van der Waals surface area contributed by atoms with E-state index < -0.39 is 10.7 Å². The minimum Gasteiger partial charge on any atom is -0.375 e. The number of nitro benzene ring substituents is 1. The second-order valence-corrected chi connectivity index (χ2v) is 4.08. The van der Waals surface area contributed by atoms with Crippen LogP contribution in [0.25, 0.3) is 0 Å². The Morgan fingerprint density at radius 3 is 2.55 bits per heavy atom. The van der Waals surface area contributed by atoms with Crippen molar-refractivity contribution in [2.24, 2.45) is 0 Å². The van der Waals surface area contributed by atoms with Crippen molar-refractivity contribution in [2.75, 3.05) is 5.32 Å². The molecule has 0 saturated heterocycles. The highest BCUT2D eigenvalue weighted by atomic mass is 19.1. The van der Waals surface area contributed by atoms with E-state index >= 15 is 0 Å². The van der Waals surface area contributed by atoms with E-state index in [4.69, 9.17) is 5.26 Å². The predicted octanol–water partition coefficient (Wildman–Crippen LogP) is 3.22. The summed E-state index contributed by atoms with van der Waals surface area (Å²) in [6, 6.07) is 12.0. The van der Waals surface area contributed by atoms with Gasteiger partial charge in [0, 0.05) is 18.7 Å². The first-order valence-electron chi connectivity index (χ1n) is 5.77. The molecule has 0 aliphatic heterocycles. The Hall–Kier alpha value is -2.94. The molecule has 0 fully saturated rings. The van der Waals surface area contributed by atoms with Gasteiger partial charge in [-0.3, -0.25) is 10.1 Å². The van der Waals surface area contributed by atoms with Gasteiger partial charge in [-0.2, -0.15) is 5.26 Å². The number of hydrogen-bond acceptors (Lipinski definition) is 4. The average Bonchev–Trinajstić information content (AvgIpc) is 2.45. The molecule has 0 aliphatic rings. The van der Waals surface area contributed by atoms with Crippen LogP contribution in [0.2, 0.25) is 0 Å². The third-order valence-electron chi connectivity index (χ3n) is 2.72. The molecule has 2 aromatic rings. The molecule has 0 spiro atoms. The van der Waals surface area contributed by atoms with Gasteiger partial charge < -0.3 is 5.32 Å². The van der Waals surface area contributed by atoms with E-state index in [1.165, 1.54) is 0 Å². The van der Waals surface area contributed by atoms with Crippen LogP contribution < -0.4 is 5.32 Å². The molecule has 2 rings (SSSR count). The first kappa shape index (κ1) is 13.5. The van der Waals surface area contributed by atoms with Crippen LogP contribution in [0.4, 0.5) is 15.8 Å². The molecule has 0 saturated carbocycles. The number of nitriles is 1. The fourth-order valence-corrected chi connectivity index (χ4v) is 1.70. The predicted molar refractivity (Wildman–Crippen MR) is 71.5 cm³/mol. The lowest BCUT2D eigenvalue weighted by Gasteiger charge is -2.07. The van der Waals surface area contributed by atoms with Crippen LogP contribution >= 0.6 is 0 Å². The van der Waals surface area contributed by atoms with E-state index in [0.717, 1.165) is 23.8 Å². The van der Waals surface area contributed by atoms with E-state index in [9.17, 15) is 14.5 Å². The standard InChI is InChI=1S/C14H10FN3O2/c15-12-5-6-14(18(19)20)13(7-12)17-9-11-3-1-10(8-16)2-4-11/h1-7,17H,9H2.